The average Bonchev–Trinajstić information content (AvgIpc) is 2.45. The van der Waals surface area contributed by atoms with Crippen LogP contribution in [0.1, 0.15) is 16.8 Å². The highest BCUT2D eigenvalue weighted by Gasteiger charge is 2.07. The fraction of sp³-hybridized carbons (Fsp3) is 0.308. The lowest BCUT2D eigenvalue weighted by atomic mass is 10.2. The second-order valence-corrected chi connectivity index (χ2v) is 3.72. The fourth-order valence-corrected chi connectivity index (χ4v) is 1.31. The summed E-state index contributed by atoms with van der Waals surface area (Å²) in [5, 5.41) is 5.00. The molecule has 0 aliphatic carbocycles. The van der Waals surface area contributed by atoms with Gasteiger partial charge in [-0.05, 0) is 12.1 Å². The van der Waals surface area contributed by atoms with Gasteiger partial charge in [-0.3, -0.25) is 14.4 Å². The summed E-state index contributed by atoms with van der Waals surface area (Å²) in [5.41, 5.74) is 0.539. The molecule has 0 aliphatic heterocycles. The molecule has 0 spiro atoms. The minimum absolute atomic E-state index is 0.107. The van der Waals surface area contributed by atoms with Crippen molar-refractivity contribution in [3.8, 4) is 0 Å². The maximum atomic E-state index is 11.6. The van der Waals surface area contributed by atoms with Crippen LogP contribution in [-0.4, -0.2) is 38.0 Å². The largest absolute Gasteiger partial charge is 0.468 e. The van der Waals surface area contributed by atoms with Crippen LogP contribution in [0.3, 0.4) is 0 Å². The summed E-state index contributed by atoms with van der Waals surface area (Å²) in [6, 6.07) is 8.71. The molecule has 6 heteroatoms. The van der Waals surface area contributed by atoms with Crippen molar-refractivity contribution >= 4 is 17.8 Å². The third kappa shape index (κ3) is 5.67. The monoisotopic (exact) mass is 264 g/mol. The SMILES string of the molecule is COC(=O)CNC(=O)CCNC(=O)c1ccccc1. The molecule has 0 aromatic heterocycles. The zero-order valence-electron chi connectivity index (χ0n) is 10.6. The van der Waals surface area contributed by atoms with E-state index in [4.69, 9.17) is 0 Å². The number of hydrogen-bond donors (Lipinski definition) is 2. The molecular weight excluding hydrogens is 248 g/mol. The normalized spacial score (nSPS) is 9.53. The Balaban J connectivity index is 2.22. The third-order valence-electron chi connectivity index (χ3n) is 2.33. The molecule has 0 radical (unpaired) electrons. The van der Waals surface area contributed by atoms with E-state index in [0.29, 0.717) is 5.56 Å². The Bertz CT molecular complexity index is 445. The van der Waals surface area contributed by atoms with Gasteiger partial charge in [-0.15, -0.1) is 0 Å². The molecule has 0 saturated carbocycles. The predicted octanol–water partition coefficient (Wildman–Crippen LogP) is 0.0957. The minimum Gasteiger partial charge on any atom is -0.468 e. The van der Waals surface area contributed by atoms with Crippen LogP contribution in [0.25, 0.3) is 0 Å². The van der Waals surface area contributed by atoms with Crippen LogP contribution >= 0.6 is 0 Å². The van der Waals surface area contributed by atoms with Crippen molar-refractivity contribution in [3.05, 3.63) is 35.9 Å². The van der Waals surface area contributed by atoms with E-state index in [0.717, 1.165) is 0 Å². The van der Waals surface area contributed by atoms with Crippen LogP contribution in [0.5, 0.6) is 0 Å². The summed E-state index contributed by atoms with van der Waals surface area (Å²) >= 11 is 0. The highest BCUT2D eigenvalue weighted by Crippen LogP contribution is 1.97. The maximum Gasteiger partial charge on any atom is 0.325 e. The van der Waals surface area contributed by atoms with Gasteiger partial charge in [0, 0.05) is 18.5 Å². The lowest BCUT2D eigenvalue weighted by Gasteiger charge is -2.06. The summed E-state index contributed by atoms with van der Waals surface area (Å²) in [4.78, 5) is 33.7. The van der Waals surface area contributed by atoms with Crippen LogP contribution in [0.4, 0.5) is 0 Å². The van der Waals surface area contributed by atoms with Crippen LogP contribution < -0.4 is 10.6 Å². The van der Waals surface area contributed by atoms with Gasteiger partial charge in [-0.2, -0.15) is 0 Å². The first-order chi connectivity index (χ1) is 9.13. The molecule has 0 atom stereocenters. The van der Waals surface area contributed by atoms with E-state index in [9.17, 15) is 14.4 Å². The lowest BCUT2D eigenvalue weighted by molar-refractivity contribution is -0.141. The number of ether oxygens (including phenoxy) is 1. The van der Waals surface area contributed by atoms with E-state index in [1.165, 1.54) is 7.11 Å². The Morgan fingerprint density at radius 3 is 2.42 bits per heavy atom. The van der Waals surface area contributed by atoms with Gasteiger partial charge in [0.15, 0.2) is 0 Å². The van der Waals surface area contributed by atoms with Gasteiger partial charge in [-0.25, -0.2) is 0 Å². The number of carbonyl (C=O) groups excluding carboxylic acids is 3. The quantitative estimate of drug-likeness (QED) is 0.713. The molecule has 0 fully saturated rings. The molecule has 1 aromatic rings. The fourth-order valence-electron chi connectivity index (χ4n) is 1.31. The van der Waals surface area contributed by atoms with Gasteiger partial charge < -0.3 is 15.4 Å². The van der Waals surface area contributed by atoms with Gasteiger partial charge in [0.2, 0.25) is 5.91 Å². The first-order valence-electron chi connectivity index (χ1n) is 5.80. The number of nitrogens with one attached hydrogen (secondary N) is 2. The summed E-state index contributed by atoms with van der Waals surface area (Å²) < 4.78 is 4.38. The molecule has 102 valence electrons. The van der Waals surface area contributed by atoms with E-state index >= 15 is 0 Å². The molecule has 0 bridgehead atoms. The Labute approximate surface area is 111 Å². The smallest absolute Gasteiger partial charge is 0.325 e. The number of rotatable bonds is 6. The van der Waals surface area contributed by atoms with Crippen molar-refractivity contribution in [2.45, 2.75) is 6.42 Å². The van der Waals surface area contributed by atoms with E-state index in [2.05, 4.69) is 15.4 Å². The first-order valence-corrected chi connectivity index (χ1v) is 5.80. The highest BCUT2D eigenvalue weighted by molar-refractivity contribution is 5.94. The van der Waals surface area contributed by atoms with Crippen molar-refractivity contribution in [3.63, 3.8) is 0 Å². The topological polar surface area (TPSA) is 84.5 Å². The van der Waals surface area contributed by atoms with Crippen molar-refractivity contribution in [2.24, 2.45) is 0 Å². The van der Waals surface area contributed by atoms with Crippen molar-refractivity contribution in [1.82, 2.24) is 10.6 Å². The Morgan fingerprint density at radius 1 is 1.11 bits per heavy atom. The molecular formula is C13H16N2O4. The zero-order valence-corrected chi connectivity index (χ0v) is 10.6. The standard InChI is InChI=1S/C13H16N2O4/c1-19-12(17)9-15-11(16)7-8-14-13(18)10-5-3-2-4-6-10/h2-6H,7-9H2,1H3,(H,14,18)(H,15,16). The minimum atomic E-state index is -0.512. The van der Waals surface area contributed by atoms with Gasteiger partial charge in [0.25, 0.3) is 5.91 Å². The Kier molecular flexibility index (Phi) is 6.08. The van der Waals surface area contributed by atoms with Crippen LogP contribution in [0.2, 0.25) is 0 Å². The third-order valence-corrected chi connectivity index (χ3v) is 2.33. The molecule has 2 N–H and O–H groups in total. The van der Waals surface area contributed by atoms with Crippen molar-refractivity contribution in [2.75, 3.05) is 20.2 Å². The molecule has 0 unspecified atom stereocenters. The summed E-state index contributed by atoms with van der Waals surface area (Å²) in [7, 11) is 1.24. The Morgan fingerprint density at radius 2 is 1.79 bits per heavy atom. The van der Waals surface area contributed by atoms with E-state index in [1.54, 1.807) is 24.3 Å². The second kappa shape index (κ2) is 7.86. The molecule has 6 nitrogen and oxygen atoms in total. The number of esters is 1. The number of benzene rings is 1. The molecule has 19 heavy (non-hydrogen) atoms. The van der Waals surface area contributed by atoms with Gasteiger partial charge >= 0.3 is 5.97 Å². The van der Waals surface area contributed by atoms with Crippen molar-refractivity contribution in [1.29, 1.82) is 0 Å². The molecule has 0 saturated heterocycles. The zero-order chi connectivity index (χ0) is 14.1. The average molecular weight is 264 g/mol. The van der Waals surface area contributed by atoms with Gasteiger partial charge in [-0.1, -0.05) is 18.2 Å². The maximum absolute atomic E-state index is 11.6. The van der Waals surface area contributed by atoms with E-state index in [-0.39, 0.29) is 31.3 Å². The predicted molar refractivity (Wildman–Crippen MR) is 68.4 cm³/mol. The van der Waals surface area contributed by atoms with E-state index < -0.39 is 5.97 Å². The van der Waals surface area contributed by atoms with Gasteiger partial charge in [0.1, 0.15) is 6.54 Å². The lowest BCUT2D eigenvalue weighted by Crippen LogP contribution is -2.33. The van der Waals surface area contributed by atoms with Crippen LogP contribution in [0, 0.1) is 0 Å². The number of carbonyl (C=O) groups is 3. The Hall–Kier alpha value is -2.37. The van der Waals surface area contributed by atoms with Gasteiger partial charge in [0.05, 0.1) is 7.11 Å². The molecule has 1 aromatic carbocycles. The number of hydrogen-bond acceptors (Lipinski definition) is 4. The van der Waals surface area contributed by atoms with Crippen molar-refractivity contribution < 1.29 is 19.1 Å². The van der Waals surface area contributed by atoms with Crippen LogP contribution in [0.15, 0.2) is 30.3 Å². The van der Waals surface area contributed by atoms with E-state index in [1.807, 2.05) is 6.07 Å². The summed E-state index contributed by atoms with van der Waals surface area (Å²) in [5.74, 6) is -1.07. The first kappa shape index (κ1) is 14.7. The molecule has 0 aliphatic rings. The second-order valence-electron chi connectivity index (χ2n) is 3.72. The highest BCUT2D eigenvalue weighted by atomic mass is 16.5. The molecule has 0 heterocycles. The summed E-state index contributed by atoms with van der Waals surface area (Å²) in [6.45, 7) is 0.0443. The summed E-state index contributed by atoms with van der Waals surface area (Å²) in [6.07, 6.45) is 0.107. The molecule has 1 rings (SSSR count). The number of methoxy groups -OCH3 is 1. The van der Waals surface area contributed by atoms with Crippen LogP contribution in [-0.2, 0) is 14.3 Å². The molecule has 2 amide bonds. The number of amides is 2.